The molecule has 3 rings (SSSR count). The van der Waals surface area contributed by atoms with Crippen LogP contribution in [0.5, 0.6) is 0 Å². The highest BCUT2D eigenvalue weighted by Crippen LogP contribution is 2.25. The third kappa shape index (κ3) is 7.44. The molecule has 39 heavy (non-hydrogen) atoms. The fraction of sp³-hybridized carbons (Fsp3) is 0.333. The second-order valence-corrected chi connectivity index (χ2v) is 11.3. The average Bonchev–Trinajstić information content (AvgIpc) is 2.92. The van der Waals surface area contributed by atoms with Crippen molar-refractivity contribution in [3.05, 3.63) is 95.3 Å². The molecule has 7 nitrogen and oxygen atoms in total. The van der Waals surface area contributed by atoms with E-state index < -0.39 is 34.3 Å². The highest BCUT2D eigenvalue weighted by molar-refractivity contribution is 7.92. The van der Waals surface area contributed by atoms with E-state index in [2.05, 4.69) is 5.32 Å². The smallest absolute Gasteiger partial charge is 0.264 e. The molecule has 3 aromatic carbocycles. The summed E-state index contributed by atoms with van der Waals surface area (Å²) in [7, 11) is -4.24. The van der Waals surface area contributed by atoms with Gasteiger partial charge in [-0.15, -0.1) is 0 Å². The number of benzene rings is 3. The number of amides is 2. The van der Waals surface area contributed by atoms with Gasteiger partial charge >= 0.3 is 0 Å². The van der Waals surface area contributed by atoms with Crippen LogP contribution in [-0.2, 0) is 26.2 Å². The average molecular weight is 554 g/mol. The van der Waals surface area contributed by atoms with Crippen LogP contribution in [0.4, 0.5) is 10.1 Å². The topological polar surface area (TPSA) is 86.8 Å². The summed E-state index contributed by atoms with van der Waals surface area (Å²) < 4.78 is 42.1. The standard InChI is InChI=1S/C30H36FN3O4S/c1-5-19-32-30(36)28(6-2)33(20-24-10-8-7-9-23(24)4)29(35)21-34(26-15-11-22(3)12-16-26)39(37,38)27-17-13-25(31)14-18-27/h7-18,28H,5-6,19-21H2,1-4H3,(H,32,36)/t28-/m1/s1. The van der Waals surface area contributed by atoms with Crippen molar-refractivity contribution < 1.29 is 22.4 Å². The molecular weight excluding hydrogens is 517 g/mol. The van der Waals surface area contributed by atoms with E-state index in [1.807, 2.05) is 52.0 Å². The number of carbonyl (C=O) groups excluding carboxylic acids is 2. The Morgan fingerprint density at radius 1 is 0.923 bits per heavy atom. The van der Waals surface area contributed by atoms with Gasteiger partial charge in [-0.05, 0) is 74.2 Å². The summed E-state index contributed by atoms with van der Waals surface area (Å²) >= 11 is 0. The molecule has 9 heteroatoms. The van der Waals surface area contributed by atoms with E-state index in [1.54, 1.807) is 24.3 Å². The van der Waals surface area contributed by atoms with Crippen molar-refractivity contribution in [2.24, 2.45) is 0 Å². The van der Waals surface area contributed by atoms with Crippen molar-refractivity contribution in [3.63, 3.8) is 0 Å². The monoisotopic (exact) mass is 553 g/mol. The van der Waals surface area contributed by atoms with E-state index in [0.717, 1.165) is 39.5 Å². The third-order valence-electron chi connectivity index (χ3n) is 6.54. The Balaban J connectivity index is 2.05. The SMILES string of the molecule is CCCNC(=O)[C@@H](CC)N(Cc1ccccc1C)C(=O)CN(c1ccc(C)cc1)S(=O)(=O)c1ccc(F)cc1. The summed E-state index contributed by atoms with van der Waals surface area (Å²) in [5.74, 6) is -1.38. The lowest BCUT2D eigenvalue weighted by atomic mass is 10.1. The van der Waals surface area contributed by atoms with Gasteiger partial charge in [0.25, 0.3) is 10.0 Å². The van der Waals surface area contributed by atoms with Crippen molar-refractivity contribution in [2.45, 2.75) is 58.0 Å². The van der Waals surface area contributed by atoms with Gasteiger partial charge in [-0.25, -0.2) is 12.8 Å². The number of nitrogens with zero attached hydrogens (tertiary/aromatic N) is 2. The fourth-order valence-electron chi connectivity index (χ4n) is 4.23. The minimum absolute atomic E-state index is 0.141. The number of aryl methyl sites for hydroxylation is 2. The molecule has 0 unspecified atom stereocenters. The first-order valence-electron chi connectivity index (χ1n) is 13.0. The lowest BCUT2D eigenvalue weighted by Crippen LogP contribution is -2.52. The van der Waals surface area contributed by atoms with Crippen molar-refractivity contribution in [2.75, 3.05) is 17.4 Å². The molecule has 2 amide bonds. The Labute approximate surface area is 230 Å². The summed E-state index contributed by atoms with van der Waals surface area (Å²) in [4.78, 5) is 28.4. The molecule has 0 aromatic heterocycles. The van der Waals surface area contributed by atoms with Gasteiger partial charge in [0, 0.05) is 13.1 Å². The number of rotatable bonds is 12. The number of halogens is 1. The molecule has 0 fully saturated rings. The highest BCUT2D eigenvalue weighted by Gasteiger charge is 2.33. The Morgan fingerprint density at radius 3 is 2.15 bits per heavy atom. The van der Waals surface area contributed by atoms with Gasteiger partial charge in [0.1, 0.15) is 18.4 Å². The number of nitrogens with one attached hydrogen (secondary N) is 1. The lowest BCUT2D eigenvalue weighted by molar-refractivity contribution is -0.140. The minimum Gasteiger partial charge on any atom is -0.354 e. The predicted octanol–water partition coefficient (Wildman–Crippen LogP) is 4.97. The Bertz CT molecular complexity index is 1380. The summed E-state index contributed by atoms with van der Waals surface area (Å²) in [5.41, 5.74) is 3.02. The summed E-state index contributed by atoms with van der Waals surface area (Å²) in [6.45, 7) is 7.63. The number of sulfonamides is 1. The van der Waals surface area contributed by atoms with Crippen molar-refractivity contribution in [3.8, 4) is 0 Å². The molecule has 3 aromatic rings. The number of carbonyl (C=O) groups is 2. The highest BCUT2D eigenvalue weighted by atomic mass is 32.2. The molecule has 0 aliphatic rings. The zero-order valence-corrected chi connectivity index (χ0v) is 23.7. The number of anilines is 1. The minimum atomic E-state index is -4.24. The second-order valence-electron chi connectivity index (χ2n) is 9.46. The second kappa shape index (κ2) is 13.4. The van der Waals surface area contributed by atoms with Crippen molar-refractivity contribution in [1.29, 1.82) is 0 Å². The van der Waals surface area contributed by atoms with Gasteiger partial charge in [-0.3, -0.25) is 13.9 Å². The van der Waals surface area contributed by atoms with E-state index in [9.17, 15) is 22.4 Å². The van der Waals surface area contributed by atoms with Crippen LogP contribution < -0.4 is 9.62 Å². The van der Waals surface area contributed by atoms with E-state index >= 15 is 0 Å². The Morgan fingerprint density at radius 2 is 1.56 bits per heavy atom. The van der Waals surface area contributed by atoms with Crippen LogP contribution in [0, 0.1) is 19.7 Å². The van der Waals surface area contributed by atoms with Crippen LogP contribution in [0.25, 0.3) is 0 Å². The van der Waals surface area contributed by atoms with Gasteiger partial charge in [-0.2, -0.15) is 0 Å². The van der Waals surface area contributed by atoms with Crippen molar-refractivity contribution >= 4 is 27.5 Å². The van der Waals surface area contributed by atoms with Crippen LogP contribution in [0.2, 0.25) is 0 Å². The van der Waals surface area contributed by atoms with Gasteiger partial charge in [0.05, 0.1) is 10.6 Å². The Hall–Kier alpha value is -3.72. The van der Waals surface area contributed by atoms with E-state index in [4.69, 9.17) is 0 Å². The summed E-state index contributed by atoms with van der Waals surface area (Å²) in [6, 6.07) is 18.0. The molecule has 0 saturated heterocycles. The van der Waals surface area contributed by atoms with Crippen LogP contribution in [-0.4, -0.2) is 44.3 Å². The maximum Gasteiger partial charge on any atom is 0.264 e. The van der Waals surface area contributed by atoms with Crippen LogP contribution in [0.3, 0.4) is 0 Å². The third-order valence-corrected chi connectivity index (χ3v) is 8.33. The molecule has 0 spiro atoms. The van der Waals surface area contributed by atoms with Crippen LogP contribution in [0.1, 0.15) is 43.4 Å². The zero-order valence-electron chi connectivity index (χ0n) is 22.9. The molecule has 1 atom stereocenters. The largest absolute Gasteiger partial charge is 0.354 e. The molecular formula is C30H36FN3O4S. The first kappa shape index (κ1) is 29.8. The summed E-state index contributed by atoms with van der Waals surface area (Å²) in [6.07, 6.45) is 1.09. The lowest BCUT2D eigenvalue weighted by Gasteiger charge is -2.33. The van der Waals surface area contributed by atoms with E-state index in [0.29, 0.717) is 13.0 Å². The van der Waals surface area contributed by atoms with E-state index in [1.165, 1.54) is 17.0 Å². The van der Waals surface area contributed by atoms with Gasteiger partial charge in [0.15, 0.2) is 0 Å². The summed E-state index contributed by atoms with van der Waals surface area (Å²) in [5, 5.41) is 2.87. The maximum atomic E-state index is 14.0. The fourth-order valence-corrected chi connectivity index (χ4v) is 5.64. The Kier molecular flexibility index (Phi) is 10.2. The number of hydrogen-bond donors (Lipinski definition) is 1. The maximum absolute atomic E-state index is 14.0. The quantitative estimate of drug-likeness (QED) is 0.343. The molecule has 0 aliphatic heterocycles. The van der Waals surface area contributed by atoms with Gasteiger partial charge in [0.2, 0.25) is 11.8 Å². The first-order chi connectivity index (χ1) is 18.6. The zero-order chi connectivity index (χ0) is 28.6. The molecule has 1 N–H and O–H groups in total. The molecule has 0 saturated carbocycles. The molecule has 208 valence electrons. The van der Waals surface area contributed by atoms with E-state index in [-0.39, 0.29) is 23.0 Å². The molecule has 0 aliphatic carbocycles. The van der Waals surface area contributed by atoms with Gasteiger partial charge in [-0.1, -0.05) is 55.8 Å². The van der Waals surface area contributed by atoms with Crippen molar-refractivity contribution in [1.82, 2.24) is 10.2 Å². The normalized spacial score (nSPS) is 12.0. The number of hydrogen-bond acceptors (Lipinski definition) is 4. The van der Waals surface area contributed by atoms with Crippen LogP contribution in [0.15, 0.2) is 77.7 Å². The molecule has 0 radical (unpaired) electrons. The van der Waals surface area contributed by atoms with Gasteiger partial charge < -0.3 is 10.2 Å². The first-order valence-corrected chi connectivity index (χ1v) is 14.5. The predicted molar refractivity (Wildman–Crippen MR) is 151 cm³/mol. The molecule has 0 heterocycles. The van der Waals surface area contributed by atoms with Crippen LogP contribution >= 0.6 is 0 Å². The molecule has 0 bridgehead atoms.